The molecule has 9 heteroatoms. The number of thioether (sulfide) groups is 1. The number of aromatic nitrogens is 3. The van der Waals surface area contributed by atoms with Crippen molar-refractivity contribution in [1.82, 2.24) is 19.7 Å². The summed E-state index contributed by atoms with van der Waals surface area (Å²) in [5.41, 5.74) is 1.30. The van der Waals surface area contributed by atoms with Crippen molar-refractivity contribution in [3.8, 4) is 0 Å². The van der Waals surface area contributed by atoms with E-state index < -0.39 is 16.9 Å². The smallest absolute Gasteiger partial charge is 0.237 e. The van der Waals surface area contributed by atoms with Crippen LogP contribution in [0.4, 0.5) is 14.5 Å². The average Bonchev–Trinajstić information content (AvgIpc) is 3.13. The molecule has 1 N–H and O–H groups in total. The molecule has 0 saturated heterocycles. The second-order valence-corrected chi connectivity index (χ2v) is 8.99. The summed E-state index contributed by atoms with van der Waals surface area (Å²) in [6, 6.07) is 13.3. The third-order valence-electron chi connectivity index (χ3n) is 5.08. The molecule has 3 aromatic rings. The van der Waals surface area contributed by atoms with Gasteiger partial charge >= 0.3 is 0 Å². The Morgan fingerprint density at radius 3 is 2.47 bits per heavy atom. The molecule has 1 amide bonds. The predicted molar refractivity (Wildman–Crippen MR) is 123 cm³/mol. The Hall–Kier alpha value is -2.78. The summed E-state index contributed by atoms with van der Waals surface area (Å²) in [5, 5.41) is 11.5. The molecule has 0 aliphatic rings. The van der Waals surface area contributed by atoms with Crippen LogP contribution in [0.25, 0.3) is 0 Å². The van der Waals surface area contributed by atoms with Crippen molar-refractivity contribution in [3.63, 3.8) is 0 Å². The van der Waals surface area contributed by atoms with Gasteiger partial charge in [0.1, 0.15) is 0 Å². The number of carbonyl (C=O) groups is 1. The van der Waals surface area contributed by atoms with Crippen LogP contribution < -0.4 is 5.32 Å². The fourth-order valence-electron chi connectivity index (χ4n) is 3.36. The lowest BCUT2D eigenvalue weighted by molar-refractivity contribution is -0.115. The van der Waals surface area contributed by atoms with Crippen molar-refractivity contribution in [2.75, 3.05) is 19.4 Å². The largest absolute Gasteiger partial charge is 0.325 e. The van der Waals surface area contributed by atoms with Gasteiger partial charge in [0.25, 0.3) is 0 Å². The van der Waals surface area contributed by atoms with Gasteiger partial charge in [0.05, 0.1) is 17.8 Å². The van der Waals surface area contributed by atoms with Crippen LogP contribution in [0.1, 0.15) is 37.7 Å². The van der Waals surface area contributed by atoms with Gasteiger partial charge < -0.3 is 9.88 Å². The molecule has 0 saturated carbocycles. The van der Waals surface area contributed by atoms with Gasteiger partial charge in [0.2, 0.25) is 5.91 Å². The van der Waals surface area contributed by atoms with Crippen molar-refractivity contribution in [2.45, 2.75) is 43.3 Å². The van der Waals surface area contributed by atoms with Gasteiger partial charge in [0, 0.05) is 11.8 Å². The third kappa shape index (κ3) is 5.72. The number of nitrogens with zero attached hydrogens (tertiary/aromatic N) is 4. The molecule has 2 atom stereocenters. The first kappa shape index (κ1) is 23.9. The molecule has 2 aromatic carbocycles. The highest BCUT2D eigenvalue weighted by Crippen LogP contribution is 2.29. The Morgan fingerprint density at radius 1 is 1.12 bits per heavy atom. The van der Waals surface area contributed by atoms with E-state index in [0.29, 0.717) is 11.7 Å². The lowest BCUT2D eigenvalue weighted by atomic mass is 10.2. The number of nitrogens with one attached hydrogen (secondary N) is 1. The van der Waals surface area contributed by atoms with Gasteiger partial charge in [-0.3, -0.25) is 9.69 Å². The maximum absolute atomic E-state index is 13.5. The standard InChI is InChI=1S/C23H27F2N5OS/c1-5-20(29(3)4)21-27-28-23(30(21)14-16-9-7-6-8-10-16)32-15(2)22(31)26-17-11-12-18(24)19(25)13-17/h6-13,15,20H,5,14H2,1-4H3,(H,26,31). The van der Waals surface area contributed by atoms with Gasteiger partial charge in [0.15, 0.2) is 22.6 Å². The fraction of sp³-hybridized carbons (Fsp3) is 0.348. The Morgan fingerprint density at radius 2 is 1.84 bits per heavy atom. The lowest BCUT2D eigenvalue weighted by Gasteiger charge is -2.23. The molecule has 0 bridgehead atoms. The lowest BCUT2D eigenvalue weighted by Crippen LogP contribution is -2.25. The minimum absolute atomic E-state index is 0.0758. The molecule has 170 valence electrons. The second-order valence-electron chi connectivity index (χ2n) is 7.68. The van der Waals surface area contributed by atoms with E-state index in [0.717, 1.165) is 29.9 Å². The maximum Gasteiger partial charge on any atom is 0.237 e. The number of hydrogen-bond acceptors (Lipinski definition) is 5. The minimum Gasteiger partial charge on any atom is -0.325 e. The van der Waals surface area contributed by atoms with Crippen LogP contribution in [0.2, 0.25) is 0 Å². The van der Waals surface area contributed by atoms with Crippen LogP contribution in [0.5, 0.6) is 0 Å². The number of anilines is 1. The topological polar surface area (TPSA) is 63.1 Å². The van der Waals surface area contributed by atoms with E-state index in [-0.39, 0.29) is 17.6 Å². The molecule has 0 aliphatic heterocycles. The van der Waals surface area contributed by atoms with Crippen LogP contribution >= 0.6 is 11.8 Å². The highest BCUT2D eigenvalue weighted by molar-refractivity contribution is 8.00. The molecule has 0 spiro atoms. The number of amides is 1. The molecule has 1 heterocycles. The summed E-state index contributed by atoms with van der Waals surface area (Å²) < 4.78 is 28.6. The number of hydrogen-bond donors (Lipinski definition) is 1. The predicted octanol–water partition coefficient (Wildman–Crippen LogP) is 4.74. The second kappa shape index (κ2) is 10.7. The first-order valence-corrected chi connectivity index (χ1v) is 11.2. The van der Waals surface area contributed by atoms with Crippen molar-refractivity contribution in [1.29, 1.82) is 0 Å². The zero-order valence-electron chi connectivity index (χ0n) is 18.5. The van der Waals surface area contributed by atoms with Crippen LogP contribution in [0.15, 0.2) is 53.7 Å². The summed E-state index contributed by atoms with van der Waals surface area (Å²) in [7, 11) is 4.00. The Labute approximate surface area is 191 Å². The highest BCUT2D eigenvalue weighted by atomic mass is 32.2. The van der Waals surface area contributed by atoms with Gasteiger partial charge in [-0.25, -0.2) is 8.78 Å². The number of rotatable bonds is 9. The number of carbonyl (C=O) groups excluding carboxylic acids is 1. The van der Waals surface area contributed by atoms with E-state index in [1.54, 1.807) is 6.92 Å². The highest BCUT2D eigenvalue weighted by Gasteiger charge is 2.25. The number of benzene rings is 2. The van der Waals surface area contributed by atoms with E-state index in [2.05, 4.69) is 27.3 Å². The van der Waals surface area contributed by atoms with E-state index in [1.165, 1.54) is 17.8 Å². The Balaban J connectivity index is 1.83. The van der Waals surface area contributed by atoms with Crippen molar-refractivity contribution >= 4 is 23.4 Å². The van der Waals surface area contributed by atoms with Crippen LogP contribution in [-0.2, 0) is 11.3 Å². The molecule has 32 heavy (non-hydrogen) atoms. The molecular weight excluding hydrogens is 432 g/mol. The maximum atomic E-state index is 13.5. The Bertz CT molecular complexity index is 1060. The molecule has 2 unspecified atom stereocenters. The van der Waals surface area contributed by atoms with Gasteiger partial charge in [-0.15, -0.1) is 10.2 Å². The first-order chi connectivity index (χ1) is 15.3. The summed E-state index contributed by atoms with van der Waals surface area (Å²) in [6.45, 7) is 4.41. The quantitative estimate of drug-likeness (QED) is 0.469. The summed E-state index contributed by atoms with van der Waals surface area (Å²) >= 11 is 1.28. The van der Waals surface area contributed by atoms with Gasteiger partial charge in [-0.05, 0) is 45.1 Å². The first-order valence-electron chi connectivity index (χ1n) is 10.4. The van der Waals surface area contributed by atoms with Crippen molar-refractivity contribution in [2.24, 2.45) is 0 Å². The zero-order valence-corrected chi connectivity index (χ0v) is 19.4. The van der Waals surface area contributed by atoms with E-state index in [1.807, 2.05) is 49.0 Å². The summed E-state index contributed by atoms with van der Waals surface area (Å²) in [5.74, 6) is -1.48. The van der Waals surface area contributed by atoms with Crippen LogP contribution in [0, 0.1) is 11.6 Å². The van der Waals surface area contributed by atoms with Crippen LogP contribution in [-0.4, -0.2) is 44.9 Å². The molecule has 0 aliphatic carbocycles. The zero-order chi connectivity index (χ0) is 23.3. The SMILES string of the molecule is CCC(c1nnc(SC(C)C(=O)Nc2ccc(F)c(F)c2)n1Cc1ccccc1)N(C)C. The summed E-state index contributed by atoms with van der Waals surface area (Å²) in [6.07, 6.45) is 0.858. The van der Waals surface area contributed by atoms with Gasteiger partial charge in [-0.1, -0.05) is 49.0 Å². The molecule has 3 rings (SSSR count). The minimum atomic E-state index is -1.01. The molecule has 0 radical (unpaired) electrons. The summed E-state index contributed by atoms with van der Waals surface area (Å²) in [4.78, 5) is 14.8. The van der Waals surface area contributed by atoms with Crippen molar-refractivity contribution < 1.29 is 13.6 Å². The third-order valence-corrected chi connectivity index (χ3v) is 6.16. The van der Waals surface area contributed by atoms with Crippen LogP contribution in [0.3, 0.4) is 0 Å². The fourth-order valence-corrected chi connectivity index (χ4v) is 4.21. The van der Waals surface area contributed by atoms with E-state index in [9.17, 15) is 13.6 Å². The molecular formula is C23H27F2N5OS. The normalized spacial score (nSPS) is 13.2. The molecule has 1 aromatic heterocycles. The molecule has 0 fully saturated rings. The Kier molecular flexibility index (Phi) is 7.98. The van der Waals surface area contributed by atoms with E-state index >= 15 is 0 Å². The monoisotopic (exact) mass is 459 g/mol. The van der Waals surface area contributed by atoms with E-state index in [4.69, 9.17) is 0 Å². The average molecular weight is 460 g/mol. The number of halogens is 2. The van der Waals surface area contributed by atoms with Crippen molar-refractivity contribution in [3.05, 3.63) is 71.6 Å². The molecule has 6 nitrogen and oxygen atoms in total. The van der Waals surface area contributed by atoms with Gasteiger partial charge in [-0.2, -0.15) is 0 Å².